The van der Waals surface area contributed by atoms with Gasteiger partial charge >= 0.3 is 5.69 Å². The van der Waals surface area contributed by atoms with Crippen LogP contribution in [0.1, 0.15) is 32.1 Å². The third kappa shape index (κ3) is 2.47. The molecule has 1 aliphatic carbocycles. The van der Waals surface area contributed by atoms with Crippen LogP contribution in [0.3, 0.4) is 0 Å². The minimum Gasteiger partial charge on any atom is -0.315 e. The average Bonchev–Trinajstić information content (AvgIpc) is 2.82. The van der Waals surface area contributed by atoms with E-state index in [4.69, 9.17) is 0 Å². The van der Waals surface area contributed by atoms with E-state index in [2.05, 4.69) is 15.4 Å². The molecule has 6 nitrogen and oxygen atoms in total. The fourth-order valence-electron chi connectivity index (χ4n) is 3.20. The van der Waals surface area contributed by atoms with Crippen molar-refractivity contribution in [2.75, 3.05) is 7.05 Å². The first-order chi connectivity index (χ1) is 9.79. The van der Waals surface area contributed by atoms with E-state index in [1.807, 2.05) is 7.05 Å². The Kier molecular flexibility index (Phi) is 3.82. The lowest BCUT2D eigenvalue weighted by Gasteiger charge is -2.29. The maximum Gasteiger partial charge on any atom is 0.350 e. The molecule has 2 heterocycles. The van der Waals surface area contributed by atoms with Crippen molar-refractivity contribution in [1.82, 2.24) is 24.5 Å². The highest BCUT2D eigenvalue weighted by Crippen LogP contribution is 2.26. The molecule has 6 heteroatoms. The van der Waals surface area contributed by atoms with Gasteiger partial charge in [0.05, 0.1) is 12.7 Å². The molecular weight excluding hydrogens is 254 g/mol. The van der Waals surface area contributed by atoms with Gasteiger partial charge in [0.1, 0.15) is 0 Å². The summed E-state index contributed by atoms with van der Waals surface area (Å²) in [7, 11) is 1.97. The summed E-state index contributed by atoms with van der Waals surface area (Å²) in [4.78, 5) is 16.3. The Morgan fingerprint density at radius 2 is 2.20 bits per heavy atom. The van der Waals surface area contributed by atoms with Crippen molar-refractivity contribution in [1.29, 1.82) is 0 Å². The van der Waals surface area contributed by atoms with Crippen molar-refractivity contribution in [2.24, 2.45) is 5.92 Å². The van der Waals surface area contributed by atoms with E-state index in [9.17, 15) is 4.79 Å². The Labute approximate surface area is 117 Å². The second-order valence-electron chi connectivity index (χ2n) is 5.56. The van der Waals surface area contributed by atoms with Gasteiger partial charge in [0.15, 0.2) is 5.65 Å². The average molecular weight is 275 g/mol. The maximum atomic E-state index is 12.3. The summed E-state index contributed by atoms with van der Waals surface area (Å²) in [5.41, 5.74) is 0.523. The van der Waals surface area contributed by atoms with E-state index >= 15 is 0 Å². The lowest BCUT2D eigenvalue weighted by Crippen LogP contribution is -2.41. The third-order valence-corrected chi connectivity index (χ3v) is 4.35. The van der Waals surface area contributed by atoms with Crippen molar-refractivity contribution in [3.63, 3.8) is 0 Å². The number of hydrogen-bond acceptors (Lipinski definition) is 4. The topological polar surface area (TPSA) is 64.2 Å². The molecule has 2 aromatic heterocycles. The minimum atomic E-state index is -0.0848. The van der Waals surface area contributed by atoms with E-state index in [0.29, 0.717) is 24.2 Å². The summed E-state index contributed by atoms with van der Waals surface area (Å²) in [6.07, 6.45) is 11.3. The van der Waals surface area contributed by atoms with E-state index in [-0.39, 0.29) is 5.69 Å². The molecule has 1 fully saturated rings. The van der Waals surface area contributed by atoms with Gasteiger partial charge < -0.3 is 5.32 Å². The number of nitrogens with zero attached hydrogens (tertiary/aromatic N) is 4. The van der Waals surface area contributed by atoms with Gasteiger partial charge in [0, 0.05) is 18.4 Å². The van der Waals surface area contributed by atoms with Gasteiger partial charge in [-0.3, -0.25) is 4.98 Å². The first-order valence-corrected chi connectivity index (χ1v) is 7.36. The second kappa shape index (κ2) is 5.75. The van der Waals surface area contributed by atoms with Crippen LogP contribution in [0.25, 0.3) is 5.65 Å². The van der Waals surface area contributed by atoms with Crippen molar-refractivity contribution in [3.05, 3.63) is 29.1 Å². The van der Waals surface area contributed by atoms with Crippen molar-refractivity contribution < 1.29 is 0 Å². The molecule has 0 aliphatic heterocycles. The third-order valence-electron chi connectivity index (χ3n) is 4.35. The highest BCUT2D eigenvalue weighted by Gasteiger charge is 2.23. The van der Waals surface area contributed by atoms with Crippen LogP contribution in [0.15, 0.2) is 23.4 Å². The number of rotatable bonds is 4. The molecule has 0 spiro atoms. The van der Waals surface area contributed by atoms with Gasteiger partial charge in [0.25, 0.3) is 0 Å². The fraction of sp³-hybridized carbons (Fsp3) is 0.643. The Bertz CT molecular complexity index is 626. The normalized spacial score (nSPS) is 18.4. The summed E-state index contributed by atoms with van der Waals surface area (Å²) in [6.45, 7) is 0.627. The van der Waals surface area contributed by atoms with Gasteiger partial charge in [-0.15, -0.1) is 5.10 Å². The monoisotopic (exact) mass is 275 g/mol. The molecule has 20 heavy (non-hydrogen) atoms. The summed E-state index contributed by atoms with van der Waals surface area (Å²) < 4.78 is 3.10. The largest absolute Gasteiger partial charge is 0.350 e. The summed E-state index contributed by atoms with van der Waals surface area (Å²) in [6, 6.07) is 0.311. The predicted molar refractivity (Wildman–Crippen MR) is 76.7 cm³/mol. The Morgan fingerprint density at radius 3 is 2.90 bits per heavy atom. The first kappa shape index (κ1) is 13.3. The van der Waals surface area contributed by atoms with Gasteiger partial charge in [-0.1, -0.05) is 19.3 Å². The summed E-state index contributed by atoms with van der Waals surface area (Å²) >= 11 is 0. The number of nitrogens with one attached hydrogen (secondary N) is 1. The zero-order chi connectivity index (χ0) is 13.9. The van der Waals surface area contributed by atoms with Crippen LogP contribution in [0.2, 0.25) is 0 Å². The Hall–Kier alpha value is -1.69. The van der Waals surface area contributed by atoms with Gasteiger partial charge in [-0.05, 0) is 25.8 Å². The van der Waals surface area contributed by atoms with Gasteiger partial charge in [-0.25, -0.2) is 13.9 Å². The molecule has 0 amide bonds. The molecule has 1 atom stereocenters. The highest BCUT2D eigenvalue weighted by molar-refractivity contribution is 5.31. The van der Waals surface area contributed by atoms with Crippen molar-refractivity contribution in [3.8, 4) is 0 Å². The molecule has 108 valence electrons. The summed E-state index contributed by atoms with van der Waals surface area (Å²) in [5, 5.41) is 7.73. The van der Waals surface area contributed by atoms with E-state index in [1.54, 1.807) is 27.7 Å². The molecule has 0 bridgehead atoms. The zero-order valence-corrected chi connectivity index (χ0v) is 11.8. The molecule has 0 aromatic carbocycles. The van der Waals surface area contributed by atoms with E-state index in [1.165, 1.54) is 32.1 Å². The smallest absolute Gasteiger partial charge is 0.315 e. The van der Waals surface area contributed by atoms with Crippen molar-refractivity contribution in [2.45, 2.75) is 44.7 Å². The molecule has 1 saturated carbocycles. The van der Waals surface area contributed by atoms with Gasteiger partial charge in [0.2, 0.25) is 0 Å². The SMILES string of the molecule is CNC(Cn1nc2cnccn2c1=O)C1CCCCC1. The predicted octanol–water partition coefficient (Wildman–Crippen LogP) is 1.06. The van der Waals surface area contributed by atoms with E-state index < -0.39 is 0 Å². The molecule has 0 radical (unpaired) electrons. The second-order valence-corrected chi connectivity index (χ2v) is 5.56. The van der Waals surface area contributed by atoms with Crippen molar-refractivity contribution >= 4 is 5.65 Å². The standard InChI is InChI=1S/C14H21N5O/c1-15-12(11-5-3-2-4-6-11)10-19-14(20)18-8-7-16-9-13(18)17-19/h7-9,11-12,15H,2-6,10H2,1H3. The first-order valence-electron chi connectivity index (χ1n) is 7.36. The van der Waals surface area contributed by atoms with Crippen LogP contribution in [0.5, 0.6) is 0 Å². The molecule has 1 aliphatic rings. The molecular formula is C14H21N5O. The number of fused-ring (bicyclic) bond motifs is 1. The minimum absolute atomic E-state index is 0.0848. The Balaban J connectivity index is 1.83. The number of likely N-dealkylation sites (N-methyl/N-ethyl adjacent to an activating group) is 1. The lowest BCUT2D eigenvalue weighted by atomic mass is 9.84. The van der Waals surface area contributed by atoms with E-state index in [0.717, 1.165) is 0 Å². The molecule has 0 saturated heterocycles. The van der Waals surface area contributed by atoms with Crippen LogP contribution in [0, 0.1) is 5.92 Å². The Morgan fingerprint density at radius 1 is 1.40 bits per heavy atom. The molecule has 1 unspecified atom stereocenters. The van der Waals surface area contributed by atoms with Gasteiger partial charge in [-0.2, -0.15) is 0 Å². The number of aromatic nitrogens is 4. The molecule has 1 N–H and O–H groups in total. The van der Waals surface area contributed by atoms with Crippen LogP contribution in [0.4, 0.5) is 0 Å². The highest BCUT2D eigenvalue weighted by atomic mass is 16.2. The summed E-state index contributed by atoms with van der Waals surface area (Å²) in [5.74, 6) is 0.642. The number of hydrogen-bond donors (Lipinski definition) is 1. The molecule has 3 rings (SSSR count). The molecule has 2 aromatic rings. The van der Waals surface area contributed by atoms with Crippen LogP contribution >= 0.6 is 0 Å². The lowest BCUT2D eigenvalue weighted by molar-refractivity contribution is 0.250. The maximum absolute atomic E-state index is 12.3. The van der Waals surface area contributed by atoms with Crippen LogP contribution in [-0.2, 0) is 6.54 Å². The van der Waals surface area contributed by atoms with Crippen LogP contribution < -0.4 is 11.0 Å². The fourth-order valence-corrected chi connectivity index (χ4v) is 3.20. The van der Waals surface area contributed by atoms with Crippen LogP contribution in [-0.4, -0.2) is 32.3 Å². The quantitative estimate of drug-likeness (QED) is 0.906. The zero-order valence-electron chi connectivity index (χ0n) is 11.8.